The Balaban J connectivity index is 1.89. The van der Waals surface area contributed by atoms with E-state index in [1.54, 1.807) is 42.5 Å². The van der Waals surface area contributed by atoms with Crippen LogP contribution in [-0.2, 0) is 4.79 Å². The molecule has 1 amide bonds. The monoisotopic (exact) mass is 446 g/mol. The SMILES string of the molecule is CC1(C)CC(=O)C2=C(C1)N(NC(=O)c1ccccc1)C(N)=C(C#N)C2c1ccccc1Cl. The van der Waals surface area contributed by atoms with Gasteiger partial charge < -0.3 is 5.73 Å². The summed E-state index contributed by atoms with van der Waals surface area (Å²) >= 11 is 6.47. The number of carbonyl (C=O) groups is 2. The Labute approximate surface area is 191 Å². The number of halogens is 1. The van der Waals surface area contributed by atoms with Crippen molar-refractivity contribution in [1.29, 1.82) is 5.26 Å². The van der Waals surface area contributed by atoms with Gasteiger partial charge in [0.2, 0.25) is 0 Å². The van der Waals surface area contributed by atoms with Crippen molar-refractivity contribution in [3.8, 4) is 6.07 Å². The highest BCUT2D eigenvalue weighted by Gasteiger charge is 2.45. The average molecular weight is 447 g/mol. The summed E-state index contributed by atoms with van der Waals surface area (Å²) in [5, 5.41) is 11.9. The van der Waals surface area contributed by atoms with E-state index in [2.05, 4.69) is 11.5 Å². The number of hydrogen-bond acceptors (Lipinski definition) is 5. The van der Waals surface area contributed by atoms with Gasteiger partial charge in [-0.2, -0.15) is 5.26 Å². The lowest BCUT2D eigenvalue weighted by atomic mass is 9.69. The molecule has 0 bridgehead atoms. The number of nitrogens with two attached hydrogens (primary N) is 1. The third kappa shape index (κ3) is 3.76. The summed E-state index contributed by atoms with van der Waals surface area (Å²) in [7, 11) is 0. The van der Waals surface area contributed by atoms with Gasteiger partial charge >= 0.3 is 0 Å². The van der Waals surface area contributed by atoms with Gasteiger partial charge in [-0.15, -0.1) is 0 Å². The first-order chi connectivity index (χ1) is 15.2. The number of benzene rings is 2. The molecule has 7 heteroatoms. The molecule has 1 atom stereocenters. The number of nitriles is 1. The molecule has 0 spiro atoms. The van der Waals surface area contributed by atoms with Gasteiger partial charge in [0.15, 0.2) is 5.78 Å². The van der Waals surface area contributed by atoms with E-state index in [9.17, 15) is 14.9 Å². The number of Topliss-reactive ketones (excluding diaryl/α,β-unsaturated/α-hetero) is 1. The lowest BCUT2D eigenvalue weighted by Gasteiger charge is -2.43. The zero-order valence-electron chi connectivity index (χ0n) is 17.9. The Morgan fingerprint density at radius 1 is 1.16 bits per heavy atom. The maximum atomic E-state index is 13.4. The molecule has 0 aromatic heterocycles. The molecule has 0 saturated carbocycles. The number of nitrogens with zero attached hydrogens (tertiary/aromatic N) is 2. The van der Waals surface area contributed by atoms with Crippen molar-refractivity contribution >= 4 is 23.3 Å². The smallest absolute Gasteiger partial charge is 0.270 e. The normalized spacial score (nSPS) is 20.0. The van der Waals surface area contributed by atoms with Crippen molar-refractivity contribution in [2.24, 2.45) is 11.1 Å². The number of hydrazine groups is 1. The van der Waals surface area contributed by atoms with Gasteiger partial charge in [0, 0.05) is 22.6 Å². The van der Waals surface area contributed by atoms with Crippen LogP contribution in [0.15, 0.2) is 77.3 Å². The topological polar surface area (TPSA) is 99.2 Å². The highest BCUT2D eigenvalue weighted by molar-refractivity contribution is 6.31. The van der Waals surface area contributed by atoms with Crippen LogP contribution < -0.4 is 11.2 Å². The first-order valence-electron chi connectivity index (χ1n) is 10.3. The Kier molecular flexibility index (Phi) is 5.53. The van der Waals surface area contributed by atoms with Crippen LogP contribution in [0.5, 0.6) is 0 Å². The van der Waals surface area contributed by atoms with Crippen LogP contribution in [-0.4, -0.2) is 16.7 Å². The van der Waals surface area contributed by atoms with Crippen molar-refractivity contribution in [2.45, 2.75) is 32.6 Å². The zero-order chi connectivity index (χ0) is 23.0. The van der Waals surface area contributed by atoms with Crippen molar-refractivity contribution in [3.05, 3.63) is 93.4 Å². The summed E-state index contributed by atoms with van der Waals surface area (Å²) in [5.74, 6) is -1.06. The van der Waals surface area contributed by atoms with E-state index in [0.29, 0.717) is 40.3 Å². The first kappa shape index (κ1) is 21.7. The summed E-state index contributed by atoms with van der Waals surface area (Å²) in [6, 6.07) is 18.0. The second-order valence-electron chi connectivity index (χ2n) is 8.81. The number of carbonyl (C=O) groups excluding carboxylic acids is 2. The molecule has 0 saturated heterocycles. The molecule has 0 fully saturated rings. The molecule has 4 rings (SSSR count). The van der Waals surface area contributed by atoms with Crippen LogP contribution in [0.25, 0.3) is 0 Å². The second kappa shape index (κ2) is 8.18. The number of ketones is 1. The predicted octanol–water partition coefficient (Wildman–Crippen LogP) is 4.42. The summed E-state index contributed by atoms with van der Waals surface area (Å²) in [6.07, 6.45) is 0.829. The standard InChI is InChI=1S/C25H23ClN4O2/c1-25(2)12-19-22(20(31)13-25)21(16-10-6-7-11-18(16)26)17(14-27)23(28)30(19)29-24(32)15-8-4-3-5-9-15/h3-11,21H,12-13,28H2,1-2H3,(H,29,32). The van der Waals surface area contributed by atoms with Crippen LogP contribution in [0, 0.1) is 16.7 Å². The van der Waals surface area contributed by atoms with E-state index in [0.717, 1.165) is 0 Å². The lowest BCUT2D eigenvalue weighted by molar-refractivity contribution is -0.118. The minimum Gasteiger partial charge on any atom is -0.383 e. The Morgan fingerprint density at radius 3 is 2.47 bits per heavy atom. The molecule has 6 nitrogen and oxygen atoms in total. The molecular formula is C25H23ClN4O2. The molecule has 162 valence electrons. The maximum absolute atomic E-state index is 13.4. The number of rotatable bonds is 3. The van der Waals surface area contributed by atoms with Crippen molar-refractivity contribution in [3.63, 3.8) is 0 Å². The third-order valence-electron chi connectivity index (χ3n) is 5.85. The Hall–Kier alpha value is -3.56. The molecule has 3 N–H and O–H groups in total. The number of nitrogens with one attached hydrogen (secondary N) is 1. The molecular weight excluding hydrogens is 424 g/mol. The van der Waals surface area contributed by atoms with Crippen LogP contribution in [0.2, 0.25) is 5.02 Å². The van der Waals surface area contributed by atoms with Crippen molar-refractivity contribution in [1.82, 2.24) is 10.4 Å². The van der Waals surface area contributed by atoms with Gasteiger partial charge in [0.25, 0.3) is 5.91 Å². The van der Waals surface area contributed by atoms with E-state index >= 15 is 0 Å². The van der Waals surface area contributed by atoms with Gasteiger partial charge in [0.05, 0.1) is 23.3 Å². The summed E-state index contributed by atoms with van der Waals surface area (Å²) in [4.78, 5) is 26.3. The zero-order valence-corrected chi connectivity index (χ0v) is 18.6. The van der Waals surface area contributed by atoms with E-state index in [1.165, 1.54) is 5.01 Å². The highest BCUT2D eigenvalue weighted by atomic mass is 35.5. The molecule has 1 unspecified atom stereocenters. The predicted molar refractivity (Wildman–Crippen MR) is 122 cm³/mol. The highest BCUT2D eigenvalue weighted by Crippen LogP contribution is 2.49. The largest absolute Gasteiger partial charge is 0.383 e. The van der Waals surface area contributed by atoms with Crippen LogP contribution in [0.1, 0.15) is 48.5 Å². The van der Waals surface area contributed by atoms with Gasteiger partial charge in [-0.25, -0.2) is 5.01 Å². The van der Waals surface area contributed by atoms with E-state index in [-0.39, 0.29) is 28.5 Å². The summed E-state index contributed by atoms with van der Waals surface area (Å²) < 4.78 is 0. The second-order valence-corrected chi connectivity index (χ2v) is 9.22. The average Bonchev–Trinajstić information content (AvgIpc) is 2.75. The fourth-order valence-corrected chi connectivity index (χ4v) is 4.66. The van der Waals surface area contributed by atoms with Crippen molar-refractivity contribution in [2.75, 3.05) is 0 Å². The molecule has 32 heavy (non-hydrogen) atoms. The molecule has 2 aromatic rings. The number of allylic oxidation sites excluding steroid dienone is 3. The third-order valence-corrected chi connectivity index (χ3v) is 6.19. The molecule has 1 aliphatic carbocycles. The van der Waals surface area contributed by atoms with E-state index in [1.807, 2.05) is 26.0 Å². The van der Waals surface area contributed by atoms with Gasteiger partial charge in [-0.05, 0) is 35.6 Å². The van der Waals surface area contributed by atoms with Crippen LogP contribution in [0.4, 0.5) is 0 Å². The number of amides is 1. The van der Waals surface area contributed by atoms with E-state index in [4.69, 9.17) is 17.3 Å². The molecule has 1 aliphatic heterocycles. The fourth-order valence-electron chi connectivity index (χ4n) is 4.41. The maximum Gasteiger partial charge on any atom is 0.270 e. The molecule has 0 radical (unpaired) electrons. The van der Waals surface area contributed by atoms with Crippen LogP contribution in [0.3, 0.4) is 0 Å². The van der Waals surface area contributed by atoms with Crippen LogP contribution >= 0.6 is 11.6 Å². The Bertz CT molecular complexity index is 1210. The minimum absolute atomic E-state index is 0.0830. The van der Waals surface area contributed by atoms with Crippen molar-refractivity contribution < 1.29 is 9.59 Å². The van der Waals surface area contributed by atoms with Gasteiger partial charge in [0.1, 0.15) is 5.82 Å². The molecule has 1 heterocycles. The lowest BCUT2D eigenvalue weighted by Crippen LogP contribution is -2.49. The van der Waals surface area contributed by atoms with Gasteiger partial charge in [-0.3, -0.25) is 15.0 Å². The first-order valence-corrected chi connectivity index (χ1v) is 10.7. The summed E-state index contributed by atoms with van der Waals surface area (Å²) in [6.45, 7) is 3.99. The van der Waals surface area contributed by atoms with E-state index < -0.39 is 5.92 Å². The fraction of sp³-hybridized carbons (Fsp3) is 0.240. The molecule has 2 aromatic carbocycles. The Morgan fingerprint density at radius 2 is 1.81 bits per heavy atom. The summed E-state index contributed by atoms with van der Waals surface area (Å²) in [5.41, 5.74) is 11.2. The molecule has 2 aliphatic rings. The number of hydrogen-bond donors (Lipinski definition) is 2. The quantitative estimate of drug-likeness (QED) is 0.726. The van der Waals surface area contributed by atoms with Gasteiger partial charge in [-0.1, -0.05) is 61.8 Å². The minimum atomic E-state index is -0.683.